The van der Waals surface area contributed by atoms with Crippen molar-refractivity contribution < 1.29 is 9.59 Å². The van der Waals surface area contributed by atoms with Gasteiger partial charge in [0, 0.05) is 59.4 Å². The average molecular weight is 452 g/mol. The van der Waals surface area contributed by atoms with Gasteiger partial charge in [0.2, 0.25) is 5.91 Å². The van der Waals surface area contributed by atoms with Gasteiger partial charge in [0.25, 0.3) is 5.91 Å². The minimum absolute atomic E-state index is 0.0108. The lowest BCUT2D eigenvalue weighted by atomic mass is 10.1. The Morgan fingerprint density at radius 2 is 1.69 bits per heavy atom. The first-order valence-electron chi connectivity index (χ1n) is 9.61. The normalized spacial score (nSPS) is 14.7. The Morgan fingerprint density at radius 1 is 1.00 bits per heavy atom. The van der Waals surface area contributed by atoms with Gasteiger partial charge in [-0.05, 0) is 48.4 Å². The van der Waals surface area contributed by atoms with Crippen LogP contribution in [0.2, 0.25) is 0 Å². The third-order valence-electron chi connectivity index (χ3n) is 5.30. The number of carbonyl (C=O) groups is 2. The molecule has 1 aliphatic rings. The van der Waals surface area contributed by atoms with E-state index in [1.807, 2.05) is 66.6 Å². The summed E-state index contributed by atoms with van der Waals surface area (Å²) >= 11 is 3.40. The molecule has 0 bridgehead atoms. The topological polar surface area (TPSA) is 56.4 Å². The molecule has 0 atom stereocenters. The number of halogens is 1. The Hall–Kier alpha value is -2.86. The standard InChI is InChI=1S/C23H22BrN3O2/c1-16-15-25-21-14-18(5-8-20(16)21)23(29)27-12-10-26(11-13-27)22(28)9-4-17-2-6-19(24)7-3-17/h2-9,14-15,25H,10-13H2,1H3/b9-4+. The van der Waals surface area contributed by atoms with Crippen molar-refractivity contribution in [3.8, 4) is 0 Å². The molecule has 2 heterocycles. The molecule has 0 radical (unpaired) electrons. The molecular weight excluding hydrogens is 430 g/mol. The molecule has 148 valence electrons. The highest BCUT2D eigenvalue weighted by atomic mass is 79.9. The monoisotopic (exact) mass is 451 g/mol. The van der Waals surface area contributed by atoms with E-state index in [2.05, 4.69) is 20.9 Å². The zero-order chi connectivity index (χ0) is 20.4. The molecule has 1 fully saturated rings. The van der Waals surface area contributed by atoms with Gasteiger partial charge in [0.15, 0.2) is 0 Å². The summed E-state index contributed by atoms with van der Waals surface area (Å²) in [6.07, 6.45) is 5.37. The van der Waals surface area contributed by atoms with E-state index in [1.54, 1.807) is 11.0 Å². The van der Waals surface area contributed by atoms with Gasteiger partial charge in [-0.1, -0.05) is 34.1 Å². The van der Waals surface area contributed by atoms with Crippen molar-refractivity contribution in [1.82, 2.24) is 14.8 Å². The summed E-state index contributed by atoms with van der Waals surface area (Å²) in [5, 5.41) is 1.13. The zero-order valence-electron chi connectivity index (χ0n) is 16.2. The number of aromatic amines is 1. The summed E-state index contributed by atoms with van der Waals surface area (Å²) in [5.74, 6) is -0.0139. The Kier molecular flexibility index (Phi) is 5.53. The van der Waals surface area contributed by atoms with Crippen LogP contribution in [0.1, 0.15) is 21.5 Å². The van der Waals surface area contributed by atoms with Gasteiger partial charge in [-0.2, -0.15) is 0 Å². The number of aromatic nitrogens is 1. The van der Waals surface area contributed by atoms with E-state index in [9.17, 15) is 9.59 Å². The van der Waals surface area contributed by atoms with Crippen LogP contribution in [0.15, 0.2) is 59.2 Å². The van der Waals surface area contributed by atoms with E-state index in [-0.39, 0.29) is 11.8 Å². The molecule has 6 heteroatoms. The van der Waals surface area contributed by atoms with E-state index in [0.717, 1.165) is 20.9 Å². The van der Waals surface area contributed by atoms with Crippen LogP contribution in [-0.2, 0) is 4.79 Å². The van der Waals surface area contributed by atoms with Gasteiger partial charge in [0.05, 0.1) is 0 Å². The minimum Gasteiger partial charge on any atom is -0.361 e. The lowest BCUT2D eigenvalue weighted by Gasteiger charge is -2.34. The maximum Gasteiger partial charge on any atom is 0.254 e. The van der Waals surface area contributed by atoms with Crippen molar-refractivity contribution in [3.05, 3.63) is 75.9 Å². The number of carbonyl (C=O) groups excluding carboxylic acids is 2. The fraction of sp³-hybridized carbons (Fsp3) is 0.217. The molecule has 3 aromatic rings. The van der Waals surface area contributed by atoms with Crippen molar-refractivity contribution in [1.29, 1.82) is 0 Å². The van der Waals surface area contributed by atoms with Crippen LogP contribution in [0.3, 0.4) is 0 Å². The van der Waals surface area contributed by atoms with Crippen LogP contribution >= 0.6 is 15.9 Å². The highest BCUT2D eigenvalue weighted by molar-refractivity contribution is 9.10. The molecule has 1 aliphatic heterocycles. The predicted octanol–water partition coefficient (Wildman–Crippen LogP) is 4.24. The molecule has 4 rings (SSSR count). The fourth-order valence-corrected chi connectivity index (χ4v) is 3.83. The Morgan fingerprint density at radius 3 is 2.41 bits per heavy atom. The van der Waals surface area contributed by atoms with Crippen molar-refractivity contribution in [3.63, 3.8) is 0 Å². The highest BCUT2D eigenvalue weighted by Gasteiger charge is 2.24. The van der Waals surface area contributed by atoms with Crippen LogP contribution in [0, 0.1) is 6.92 Å². The zero-order valence-corrected chi connectivity index (χ0v) is 17.8. The summed E-state index contributed by atoms with van der Waals surface area (Å²) in [4.78, 5) is 32.1. The molecule has 2 aromatic carbocycles. The number of nitrogens with zero attached hydrogens (tertiary/aromatic N) is 2. The third-order valence-corrected chi connectivity index (χ3v) is 5.83. The number of piperazine rings is 1. The minimum atomic E-state index is -0.0247. The predicted molar refractivity (Wildman–Crippen MR) is 119 cm³/mol. The van der Waals surface area contributed by atoms with Crippen LogP contribution in [0.5, 0.6) is 0 Å². The number of amides is 2. The lowest BCUT2D eigenvalue weighted by Crippen LogP contribution is -2.50. The number of hydrogen-bond acceptors (Lipinski definition) is 2. The summed E-state index contributed by atoms with van der Waals surface area (Å²) < 4.78 is 1.01. The first-order chi connectivity index (χ1) is 14.0. The Bertz CT molecular complexity index is 1080. The van der Waals surface area contributed by atoms with Crippen molar-refractivity contribution >= 4 is 44.7 Å². The second kappa shape index (κ2) is 8.25. The Labute approximate surface area is 178 Å². The van der Waals surface area contributed by atoms with E-state index in [0.29, 0.717) is 31.7 Å². The van der Waals surface area contributed by atoms with E-state index in [1.165, 1.54) is 5.56 Å². The van der Waals surface area contributed by atoms with Crippen molar-refractivity contribution in [2.45, 2.75) is 6.92 Å². The molecule has 0 spiro atoms. The van der Waals surface area contributed by atoms with Gasteiger partial charge in [-0.3, -0.25) is 9.59 Å². The van der Waals surface area contributed by atoms with E-state index >= 15 is 0 Å². The number of rotatable bonds is 3. The number of H-pyrrole nitrogens is 1. The number of hydrogen-bond donors (Lipinski definition) is 1. The highest BCUT2D eigenvalue weighted by Crippen LogP contribution is 2.20. The number of aryl methyl sites for hydroxylation is 1. The van der Waals surface area contributed by atoms with Gasteiger partial charge in [-0.15, -0.1) is 0 Å². The SMILES string of the molecule is Cc1c[nH]c2cc(C(=O)N3CCN(C(=O)/C=C/c4ccc(Br)cc4)CC3)ccc12. The van der Waals surface area contributed by atoms with Gasteiger partial charge >= 0.3 is 0 Å². The summed E-state index contributed by atoms with van der Waals surface area (Å²) in [5.41, 5.74) is 3.79. The van der Waals surface area contributed by atoms with Crippen LogP contribution in [0.4, 0.5) is 0 Å². The van der Waals surface area contributed by atoms with Crippen molar-refractivity contribution in [2.75, 3.05) is 26.2 Å². The molecule has 0 saturated carbocycles. The maximum absolute atomic E-state index is 12.9. The summed E-state index contributed by atoms with van der Waals surface area (Å²) in [7, 11) is 0. The molecule has 29 heavy (non-hydrogen) atoms. The van der Waals surface area contributed by atoms with Crippen LogP contribution in [0.25, 0.3) is 17.0 Å². The Balaban J connectivity index is 1.36. The first kappa shape index (κ1) is 19.5. The van der Waals surface area contributed by atoms with Gasteiger partial charge < -0.3 is 14.8 Å². The molecule has 1 saturated heterocycles. The first-order valence-corrected chi connectivity index (χ1v) is 10.4. The van der Waals surface area contributed by atoms with Gasteiger partial charge in [-0.25, -0.2) is 0 Å². The average Bonchev–Trinajstić information content (AvgIpc) is 3.13. The summed E-state index contributed by atoms with van der Waals surface area (Å²) in [6.45, 7) is 4.21. The molecule has 0 aliphatic carbocycles. The lowest BCUT2D eigenvalue weighted by molar-refractivity contribution is -0.127. The second-order valence-corrected chi connectivity index (χ2v) is 8.15. The number of fused-ring (bicyclic) bond motifs is 1. The van der Waals surface area contributed by atoms with Crippen LogP contribution < -0.4 is 0 Å². The largest absolute Gasteiger partial charge is 0.361 e. The van der Waals surface area contributed by atoms with Gasteiger partial charge in [0.1, 0.15) is 0 Å². The third kappa shape index (κ3) is 4.27. The molecule has 2 amide bonds. The second-order valence-electron chi connectivity index (χ2n) is 7.23. The van der Waals surface area contributed by atoms with E-state index in [4.69, 9.17) is 0 Å². The number of nitrogens with one attached hydrogen (secondary N) is 1. The van der Waals surface area contributed by atoms with E-state index < -0.39 is 0 Å². The molecule has 1 N–H and O–H groups in total. The number of benzene rings is 2. The fourth-order valence-electron chi connectivity index (χ4n) is 3.56. The maximum atomic E-state index is 12.9. The van der Waals surface area contributed by atoms with Crippen LogP contribution in [-0.4, -0.2) is 52.8 Å². The molecular formula is C23H22BrN3O2. The summed E-state index contributed by atoms with van der Waals surface area (Å²) in [6, 6.07) is 13.6. The molecule has 1 aromatic heterocycles. The van der Waals surface area contributed by atoms with Crippen molar-refractivity contribution in [2.24, 2.45) is 0 Å². The quantitative estimate of drug-likeness (QED) is 0.605. The molecule has 0 unspecified atom stereocenters. The smallest absolute Gasteiger partial charge is 0.254 e. The molecule has 5 nitrogen and oxygen atoms in total.